The van der Waals surface area contributed by atoms with Crippen LogP contribution in [0.25, 0.3) is 0 Å². The lowest BCUT2D eigenvalue weighted by Crippen LogP contribution is -2.55. The van der Waals surface area contributed by atoms with Crippen LogP contribution in [-0.4, -0.2) is 22.4 Å². The van der Waals surface area contributed by atoms with Gasteiger partial charge in [-0.3, -0.25) is 0 Å². The van der Waals surface area contributed by atoms with E-state index in [1.165, 1.54) is 0 Å². The van der Waals surface area contributed by atoms with Gasteiger partial charge in [0.1, 0.15) is 12.9 Å². The number of carbonyl (C=O) groups is 1. The summed E-state index contributed by atoms with van der Waals surface area (Å²) in [5.41, 5.74) is 0.374. The molecule has 0 atom stereocenters. The van der Waals surface area contributed by atoms with Crippen LogP contribution in [0, 0.1) is 0 Å². The van der Waals surface area contributed by atoms with Gasteiger partial charge < -0.3 is 3.83 Å². The molecule has 0 spiro atoms. The monoisotopic (exact) mass is 1100 g/mol. The molecule has 0 saturated carbocycles. The summed E-state index contributed by atoms with van der Waals surface area (Å²) in [5.74, 6) is -0.514. The smallest absolute Gasteiger partial charge is 0.344 e. The van der Waals surface area contributed by atoms with Crippen molar-refractivity contribution in [3.63, 3.8) is 0 Å². The summed E-state index contributed by atoms with van der Waals surface area (Å²) in [7, 11) is 0. The Morgan fingerprint density at radius 1 is 0.857 bits per heavy atom. The van der Waals surface area contributed by atoms with Gasteiger partial charge in [-0.05, 0) is 57.7 Å². The van der Waals surface area contributed by atoms with Crippen molar-refractivity contribution in [3.05, 3.63) is 11.6 Å². The molecule has 0 aliphatic heterocycles. The van der Waals surface area contributed by atoms with Crippen molar-refractivity contribution in [1.82, 2.24) is 0 Å². The Bertz CT molecular complexity index is 570. The summed E-state index contributed by atoms with van der Waals surface area (Å²) < 4.78 is 13.2. The van der Waals surface area contributed by atoms with Gasteiger partial charge in [0.05, 0.1) is 0 Å². The molecular formula is C14H14Br11FO2. The van der Waals surface area contributed by atoms with Crippen LogP contribution < -0.4 is 0 Å². The number of carbonyl (C=O) groups excluding carboxylic acids is 1. The van der Waals surface area contributed by atoms with Crippen molar-refractivity contribution < 1.29 is 13.0 Å². The molecule has 0 amide bonds. The van der Waals surface area contributed by atoms with E-state index >= 15 is 0 Å². The summed E-state index contributed by atoms with van der Waals surface area (Å²) in [6, 6.07) is 0. The average Bonchev–Trinajstić information content (AvgIpc) is 2.51. The van der Waals surface area contributed by atoms with Gasteiger partial charge in [-0.1, -0.05) is 140 Å². The first-order valence-corrected chi connectivity index (χ1v) is 16.0. The summed E-state index contributed by atoms with van der Waals surface area (Å²) in [4.78, 5) is 11.8. The molecule has 0 aliphatic rings. The van der Waals surface area contributed by atoms with E-state index in [9.17, 15) is 9.18 Å². The molecule has 0 radical (unpaired) electrons. The Kier molecular flexibility index (Phi) is 15.0. The zero-order valence-electron chi connectivity index (χ0n) is 14.0. The molecule has 0 N–H and O–H groups in total. The van der Waals surface area contributed by atoms with Crippen LogP contribution in [0.15, 0.2) is 11.6 Å². The first-order chi connectivity index (χ1) is 12.3. The van der Waals surface area contributed by atoms with Gasteiger partial charge in [0.25, 0.3) is 0 Å². The first kappa shape index (κ1) is 32.4. The van der Waals surface area contributed by atoms with E-state index in [-0.39, 0.29) is 0 Å². The fourth-order valence-electron chi connectivity index (χ4n) is 1.93. The number of rotatable bonds is 11. The minimum atomic E-state index is -1.51. The predicted molar refractivity (Wildman–Crippen MR) is 156 cm³/mol. The van der Waals surface area contributed by atoms with Crippen molar-refractivity contribution in [2.24, 2.45) is 0 Å². The molecular weight excluding hydrogens is 1100 g/mol. The molecule has 28 heavy (non-hydrogen) atoms. The number of hydrogen-bond donors (Lipinski definition) is 0. The fourth-order valence-corrected chi connectivity index (χ4v) is 9.24. The normalized spacial score (nSPS) is 15.0. The van der Waals surface area contributed by atoms with Crippen molar-refractivity contribution in [1.29, 1.82) is 0 Å². The maximum Gasteiger partial charge on any atom is 0.344 e. The number of unbranched alkanes of at least 4 members (excludes halogenated alkanes) is 2. The third kappa shape index (κ3) is 9.58. The molecule has 0 unspecified atom stereocenters. The van der Waals surface area contributed by atoms with Gasteiger partial charge in [0.2, 0.25) is 3.49 Å². The predicted octanol–water partition coefficient (Wildman–Crippen LogP) is 11.1. The molecule has 0 bridgehead atoms. The maximum atomic E-state index is 13.4. The van der Waals surface area contributed by atoms with Crippen molar-refractivity contribution >= 4 is 182 Å². The van der Waals surface area contributed by atoms with Gasteiger partial charge in [-0.2, -0.15) is 0 Å². The lowest BCUT2D eigenvalue weighted by atomic mass is 10.1. The summed E-state index contributed by atoms with van der Waals surface area (Å²) in [6.45, 7) is 1.63. The number of allylic oxidation sites excluding steroid dienone is 1. The highest BCUT2D eigenvalue weighted by Crippen LogP contribution is 2.68. The second-order valence-electron chi connectivity index (χ2n) is 5.84. The second-order valence-corrected chi connectivity index (χ2v) is 24.0. The van der Waals surface area contributed by atoms with Crippen LogP contribution in [0.5, 0.6) is 0 Å². The maximum absolute atomic E-state index is 13.4. The Balaban J connectivity index is 5.36. The van der Waals surface area contributed by atoms with Crippen LogP contribution in [0.1, 0.15) is 39.0 Å². The van der Waals surface area contributed by atoms with E-state index in [2.05, 4.69) is 179 Å². The fraction of sp³-hybridized carbons (Fsp3) is 0.786. The van der Waals surface area contributed by atoms with Gasteiger partial charge in [-0.25, -0.2) is 9.18 Å². The Hall–Kier alpha value is 4.42. The SMILES string of the molecule is CC(=CC(Br)(Br)C(Br)(Br)C(Br)(Br)C(Br)(Br)CCCCCC(F)(Br)Br)C(=O)OBr. The van der Waals surface area contributed by atoms with Gasteiger partial charge >= 0.3 is 5.97 Å². The van der Waals surface area contributed by atoms with Crippen LogP contribution in [0.2, 0.25) is 0 Å². The third-order valence-electron chi connectivity index (χ3n) is 3.51. The van der Waals surface area contributed by atoms with E-state index in [1.54, 1.807) is 13.0 Å². The summed E-state index contributed by atoms with van der Waals surface area (Å²) in [6.07, 6.45) is 5.16. The van der Waals surface area contributed by atoms with Crippen LogP contribution in [0.3, 0.4) is 0 Å². The van der Waals surface area contributed by atoms with Crippen LogP contribution in [-0.2, 0) is 8.62 Å². The molecule has 0 heterocycles. The molecule has 0 aromatic rings. The minimum absolute atomic E-state index is 0.374. The van der Waals surface area contributed by atoms with Crippen molar-refractivity contribution in [2.75, 3.05) is 0 Å². The van der Waals surface area contributed by atoms with E-state index in [0.29, 0.717) is 18.4 Å². The van der Waals surface area contributed by atoms with E-state index < -0.39 is 22.4 Å². The van der Waals surface area contributed by atoms with Crippen molar-refractivity contribution in [2.45, 2.75) is 55.4 Å². The average molecular weight is 1110 g/mol. The Morgan fingerprint density at radius 2 is 1.32 bits per heavy atom. The topological polar surface area (TPSA) is 26.3 Å². The zero-order chi connectivity index (χ0) is 22.6. The standard InChI is InChI=1S/C14H14Br11FO2/c1-8(9(27)28-25)7-11(17,18)14(23,24)13(21,22)10(15,16)5-3-2-4-6-12(19,20)26/h7H,2-6H2,1H3. The zero-order valence-corrected chi connectivity index (χ0v) is 31.4. The summed E-state index contributed by atoms with van der Waals surface area (Å²) >= 11 is 38.2. The molecule has 0 saturated heterocycles. The molecule has 0 rings (SSSR count). The van der Waals surface area contributed by atoms with Gasteiger partial charge in [-0.15, -0.1) is 0 Å². The minimum Gasteiger partial charge on any atom is -0.380 e. The van der Waals surface area contributed by atoms with Crippen LogP contribution >= 0.6 is 176 Å². The first-order valence-electron chi connectivity index (χ1n) is 7.43. The van der Waals surface area contributed by atoms with Crippen molar-refractivity contribution in [3.8, 4) is 0 Å². The molecule has 0 aromatic carbocycles. The molecule has 0 aliphatic carbocycles. The lowest BCUT2D eigenvalue weighted by Gasteiger charge is -2.48. The Morgan fingerprint density at radius 3 is 1.75 bits per heavy atom. The summed E-state index contributed by atoms with van der Waals surface area (Å²) in [5, 5.41) is 0. The molecule has 0 fully saturated rings. The Labute approximate surface area is 257 Å². The number of halogens is 12. The van der Waals surface area contributed by atoms with E-state index in [1.807, 2.05) is 0 Å². The quantitative estimate of drug-likeness (QED) is 0.117. The second kappa shape index (κ2) is 12.9. The third-order valence-corrected chi connectivity index (χ3v) is 19.6. The molecule has 0 aromatic heterocycles. The van der Waals surface area contributed by atoms with Gasteiger partial charge in [0.15, 0.2) is 16.3 Å². The number of hydrogen-bond acceptors (Lipinski definition) is 2. The van der Waals surface area contributed by atoms with Crippen LogP contribution in [0.4, 0.5) is 4.39 Å². The molecule has 14 heteroatoms. The largest absolute Gasteiger partial charge is 0.380 e. The highest BCUT2D eigenvalue weighted by molar-refractivity contribution is 9.34. The van der Waals surface area contributed by atoms with Gasteiger partial charge in [0, 0.05) is 12.0 Å². The van der Waals surface area contributed by atoms with E-state index in [0.717, 1.165) is 19.3 Å². The number of alkyl halides is 11. The highest BCUT2D eigenvalue weighted by atomic mass is 79.9. The highest BCUT2D eigenvalue weighted by Gasteiger charge is 2.64. The van der Waals surface area contributed by atoms with E-state index in [4.69, 9.17) is 0 Å². The molecule has 166 valence electrons. The lowest BCUT2D eigenvalue weighted by molar-refractivity contribution is -0.128. The molecule has 2 nitrogen and oxygen atoms in total.